The van der Waals surface area contributed by atoms with E-state index in [0.717, 1.165) is 4.90 Å². The maximum atomic E-state index is 13.4. The van der Waals surface area contributed by atoms with Crippen LogP contribution in [0.15, 0.2) is 108 Å². The minimum absolute atomic E-state index is 0.00340. The van der Waals surface area contributed by atoms with Gasteiger partial charge in [-0.3, -0.25) is 19.4 Å². The predicted molar refractivity (Wildman–Crippen MR) is 160 cm³/mol. The highest BCUT2D eigenvalue weighted by Crippen LogP contribution is 2.28. The van der Waals surface area contributed by atoms with Crippen molar-refractivity contribution >= 4 is 46.9 Å². The van der Waals surface area contributed by atoms with E-state index in [-0.39, 0.29) is 17.4 Å². The van der Waals surface area contributed by atoms with Crippen molar-refractivity contribution in [3.63, 3.8) is 0 Å². The summed E-state index contributed by atoms with van der Waals surface area (Å²) in [7, 11) is 1.44. The lowest BCUT2D eigenvalue weighted by atomic mass is 10.1. The summed E-state index contributed by atoms with van der Waals surface area (Å²) in [6.45, 7) is 1.79. The second-order valence-electron chi connectivity index (χ2n) is 8.77. The van der Waals surface area contributed by atoms with Crippen LogP contribution in [0, 0.1) is 0 Å². The number of phenols is 1. The number of hydrogen-bond donors (Lipinski definition) is 4. The molecule has 0 aliphatic carbocycles. The Labute approximate surface area is 241 Å². The van der Waals surface area contributed by atoms with Crippen molar-refractivity contribution in [1.29, 1.82) is 0 Å². The Kier molecular flexibility index (Phi) is 9.74. The molecule has 0 radical (unpaired) electrons. The first-order valence-corrected chi connectivity index (χ1v) is 13.4. The summed E-state index contributed by atoms with van der Waals surface area (Å²) in [6.07, 6.45) is 4.67. The Morgan fingerprint density at radius 3 is 2.39 bits per heavy atom. The molecule has 1 heterocycles. The minimum Gasteiger partial charge on any atom is -0.508 e. The van der Waals surface area contributed by atoms with Crippen molar-refractivity contribution < 1.29 is 24.2 Å². The summed E-state index contributed by atoms with van der Waals surface area (Å²) in [5.41, 5.74) is 1.94. The van der Waals surface area contributed by atoms with Gasteiger partial charge in [0.2, 0.25) is 5.91 Å². The number of pyridine rings is 1. The first-order valence-electron chi connectivity index (χ1n) is 12.6. The molecule has 0 aliphatic rings. The first-order chi connectivity index (χ1) is 19.8. The SMILES string of the molecule is COc1cc(O)ccc1/C=C(/NC(=O)c1ccccc1)C(=O)Nc1cccc(SC(C)C(=O)Nc2ccncc2)c1. The fourth-order valence-electron chi connectivity index (χ4n) is 3.70. The monoisotopic (exact) mass is 568 g/mol. The molecule has 0 saturated carbocycles. The molecule has 0 fully saturated rings. The van der Waals surface area contributed by atoms with E-state index >= 15 is 0 Å². The Bertz CT molecular complexity index is 1560. The number of methoxy groups -OCH3 is 1. The zero-order chi connectivity index (χ0) is 29.2. The maximum absolute atomic E-state index is 13.4. The number of aromatic nitrogens is 1. The summed E-state index contributed by atoms with van der Waals surface area (Å²) in [4.78, 5) is 43.7. The molecule has 0 spiro atoms. The fourth-order valence-corrected chi connectivity index (χ4v) is 4.63. The summed E-state index contributed by atoms with van der Waals surface area (Å²) >= 11 is 1.33. The zero-order valence-electron chi connectivity index (χ0n) is 22.3. The van der Waals surface area contributed by atoms with E-state index in [9.17, 15) is 19.5 Å². The van der Waals surface area contributed by atoms with Crippen molar-refractivity contribution in [2.75, 3.05) is 17.7 Å². The fraction of sp³-hybridized carbons (Fsp3) is 0.0968. The average molecular weight is 569 g/mol. The quantitative estimate of drug-likeness (QED) is 0.150. The highest BCUT2D eigenvalue weighted by molar-refractivity contribution is 8.00. The molecule has 3 amide bonds. The summed E-state index contributed by atoms with van der Waals surface area (Å²) in [6, 6.07) is 23.4. The molecule has 9 nitrogen and oxygen atoms in total. The van der Waals surface area contributed by atoms with Crippen LogP contribution in [0.1, 0.15) is 22.8 Å². The molecule has 0 aliphatic heterocycles. The van der Waals surface area contributed by atoms with Gasteiger partial charge in [-0.05, 0) is 67.6 Å². The van der Waals surface area contributed by atoms with Gasteiger partial charge in [-0.25, -0.2) is 0 Å². The van der Waals surface area contributed by atoms with Crippen LogP contribution < -0.4 is 20.7 Å². The maximum Gasteiger partial charge on any atom is 0.272 e. The number of benzene rings is 3. The van der Waals surface area contributed by atoms with Crippen LogP contribution in [-0.2, 0) is 9.59 Å². The van der Waals surface area contributed by atoms with Crippen molar-refractivity contribution in [2.45, 2.75) is 17.1 Å². The highest BCUT2D eigenvalue weighted by Gasteiger charge is 2.18. The topological polar surface area (TPSA) is 130 Å². The second-order valence-corrected chi connectivity index (χ2v) is 10.2. The van der Waals surface area contributed by atoms with E-state index < -0.39 is 17.1 Å². The summed E-state index contributed by atoms with van der Waals surface area (Å²) in [5.74, 6) is -0.900. The van der Waals surface area contributed by atoms with Crippen LogP contribution in [0.3, 0.4) is 0 Å². The number of rotatable bonds is 10. The van der Waals surface area contributed by atoms with Crippen LogP contribution >= 0.6 is 11.8 Å². The minimum atomic E-state index is -0.574. The van der Waals surface area contributed by atoms with E-state index in [2.05, 4.69) is 20.9 Å². The predicted octanol–water partition coefficient (Wildman–Crippen LogP) is 5.32. The number of thioether (sulfide) groups is 1. The van der Waals surface area contributed by atoms with Crippen molar-refractivity contribution in [3.8, 4) is 11.5 Å². The smallest absolute Gasteiger partial charge is 0.272 e. The van der Waals surface area contributed by atoms with Gasteiger partial charge in [0, 0.05) is 45.9 Å². The molecule has 0 bridgehead atoms. The van der Waals surface area contributed by atoms with Gasteiger partial charge in [0.15, 0.2) is 0 Å². The normalized spacial score (nSPS) is 11.7. The molecule has 4 N–H and O–H groups in total. The number of hydrogen-bond acceptors (Lipinski definition) is 7. The second kappa shape index (κ2) is 13.8. The van der Waals surface area contributed by atoms with Gasteiger partial charge < -0.3 is 25.8 Å². The van der Waals surface area contributed by atoms with Crippen LogP contribution in [0.5, 0.6) is 11.5 Å². The largest absolute Gasteiger partial charge is 0.508 e. The third-order valence-electron chi connectivity index (χ3n) is 5.77. The number of phenolic OH excluding ortho intramolecular Hbond substituents is 1. The van der Waals surface area contributed by atoms with Gasteiger partial charge in [-0.15, -0.1) is 11.8 Å². The lowest BCUT2D eigenvalue weighted by molar-refractivity contribution is -0.115. The Morgan fingerprint density at radius 2 is 1.66 bits per heavy atom. The molecular formula is C31H28N4O5S. The Morgan fingerprint density at radius 1 is 0.902 bits per heavy atom. The standard InChI is InChI=1S/C31H28N4O5S/c1-20(29(37)33-23-13-15-32-16-14-23)41-26-10-6-9-24(18-26)34-31(39)27(35-30(38)21-7-4-3-5-8-21)17-22-11-12-25(36)19-28(22)40-2/h3-20,36H,1-2H3,(H,34,39)(H,35,38)(H,32,33,37)/b27-17+. The number of anilines is 2. The van der Waals surface area contributed by atoms with Crippen LogP contribution in [-0.4, -0.2) is 40.2 Å². The number of amides is 3. The molecule has 3 aromatic carbocycles. The van der Waals surface area contributed by atoms with E-state index in [1.165, 1.54) is 37.1 Å². The number of nitrogens with zero attached hydrogens (tertiary/aromatic N) is 1. The highest BCUT2D eigenvalue weighted by atomic mass is 32.2. The molecular weight excluding hydrogens is 540 g/mol. The molecule has 4 aromatic rings. The van der Waals surface area contributed by atoms with Crippen molar-refractivity contribution in [2.24, 2.45) is 0 Å². The van der Waals surface area contributed by atoms with E-state index in [1.54, 1.807) is 86.0 Å². The van der Waals surface area contributed by atoms with E-state index in [0.29, 0.717) is 28.3 Å². The summed E-state index contributed by atoms with van der Waals surface area (Å²) < 4.78 is 5.34. The first kappa shape index (κ1) is 28.9. The van der Waals surface area contributed by atoms with Gasteiger partial charge in [0.05, 0.1) is 12.4 Å². The summed E-state index contributed by atoms with van der Waals surface area (Å²) in [5, 5.41) is 17.7. The molecule has 1 atom stereocenters. The lowest BCUT2D eigenvalue weighted by Crippen LogP contribution is -2.30. The van der Waals surface area contributed by atoms with Gasteiger partial charge in [0.25, 0.3) is 11.8 Å². The molecule has 0 saturated heterocycles. The number of carbonyl (C=O) groups excluding carboxylic acids is 3. The number of nitrogens with one attached hydrogen (secondary N) is 3. The van der Waals surface area contributed by atoms with E-state index in [4.69, 9.17) is 4.74 Å². The molecule has 4 rings (SSSR count). The molecule has 208 valence electrons. The third-order valence-corrected chi connectivity index (χ3v) is 6.86. The van der Waals surface area contributed by atoms with Crippen LogP contribution in [0.2, 0.25) is 0 Å². The van der Waals surface area contributed by atoms with E-state index in [1.807, 2.05) is 6.07 Å². The van der Waals surface area contributed by atoms with Gasteiger partial charge >= 0.3 is 0 Å². The number of aromatic hydroxyl groups is 1. The van der Waals surface area contributed by atoms with Crippen LogP contribution in [0.4, 0.5) is 11.4 Å². The molecule has 1 unspecified atom stereocenters. The Hall–Kier alpha value is -5.09. The van der Waals surface area contributed by atoms with Crippen molar-refractivity contribution in [1.82, 2.24) is 10.3 Å². The van der Waals surface area contributed by atoms with Gasteiger partial charge in [0.1, 0.15) is 17.2 Å². The Balaban J connectivity index is 1.53. The van der Waals surface area contributed by atoms with Gasteiger partial charge in [-0.1, -0.05) is 24.3 Å². The zero-order valence-corrected chi connectivity index (χ0v) is 23.1. The number of carbonyl (C=O) groups is 3. The molecule has 1 aromatic heterocycles. The number of ether oxygens (including phenoxy) is 1. The van der Waals surface area contributed by atoms with Gasteiger partial charge in [-0.2, -0.15) is 0 Å². The van der Waals surface area contributed by atoms with Crippen molar-refractivity contribution in [3.05, 3.63) is 114 Å². The van der Waals surface area contributed by atoms with Crippen LogP contribution in [0.25, 0.3) is 6.08 Å². The third kappa shape index (κ3) is 8.20. The average Bonchev–Trinajstić information content (AvgIpc) is 2.98. The molecule has 10 heteroatoms. The molecule has 41 heavy (non-hydrogen) atoms. The lowest BCUT2D eigenvalue weighted by Gasteiger charge is -2.14.